The van der Waals surface area contributed by atoms with E-state index in [0.29, 0.717) is 13.2 Å². The van der Waals surface area contributed by atoms with Crippen LogP contribution in [-0.4, -0.2) is 34.3 Å². The van der Waals surface area contributed by atoms with Crippen molar-refractivity contribution in [3.8, 4) is 11.5 Å². The van der Waals surface area contributed by atoms with Gasteiger partial charge in [0.1, 0.15) is 37.4 Å². The molecule has 0 aliphatic rings. The van der Waals surface area contributed by atoms with Crippen LogP contribution in [0.3, 0.4) is 0 Å². The zero-order valence-electron chi connectivity index (χ0n) is 13.4. The van der Waals surface area contributed by atoms with Gasteiger partial charge in [-0.2, -0.15) is 5.10 Å². The van der Waals surface area contributed by atoms with E-state index in [4.69, 9.17) is 9.47 Å². The topological polar surface area (TPSA) is 61.5 Å². The largest absolute Gasteiger partial charge is 0.490 e. The van der Waals surface area contributed by atoms with Crippen LogP contribution in [0, 0.1) is 6.92 Å². The maximum absolute atomic E-state index is 5.70. The van der Waals surface area contributed by atoms with Crippen molar-refractivity contribution in [2.24, 2.45) is 5.10 Å². The van der Waals surface area contributed by atoms with Gasteiger partial charge in [-0.3, -0.25) is 0 Å². The molecule has 0 N–H and O–H groups in total. The highest BCUT2D eigenvalue weighted by molar-refractivity contribution is 5.79. The second-order valence-electron chi connectivity index (χ2n) is 5.12. The first-order valence-electron chi connectivity index (χ1n) is 7.61. The van der Waals surface area contributed by atoms with E-state index in [0.717, 1.165) is 22.6 Å². The van der Waals surface area contributed by atoms with Gasteiger partial charge in [-0.05, 0) is 48.4 Å². The first kappa shape index (κ1) is 15.7. The lowest BCUT2D eigenvalue weighted by Gasteiger charge is -2.10. The van der Waals surface area contributed by atoms with E-state index in [1.807, 2.05) is 55.5 Å². The summed E-state index contributed by atoms with van der Waals surface area (Å²) in [4.78, 5) is 0. The number of aryl methyl sites for hydroxylation is 1. The SMILES string of the molecule is Cc1ccccc1OCCOc1ccc(/C=N\n2cnnc2)cc1. The van der Waals surface area contributed by atoms with Crippen molar-refractivity contribution in [3.63, 3.8) is 0 Å². The maximum Gasteiger partial charge on any atom is 0.141 e. The van der Waals surface area contributed by atoms with Crippen molar-refractivity contribution in [1.29, 1.82) is 0 Å². The Balaban J connectivity index is 1.45. The van der Waals surface area contributed by atoms with Crippen LogP contribution >= 0.6 is 0 Å². The highest BCUT2D eigenvalue weighted by Crippen LogP contribution is 2.16. The summed E-state index contributed by atoms with van der Waals surface area (Å²) < 4.78 is 12.9. The highest BCUT2D eigenvalue weighted by atomic mass is 16.5. The Kier molecular flexibility index (Phi) is 5.19. The number of ether oxygens (including phenoxy) is 2. The number of rotatable bonds is 7. The van der Waals surface area contributed by atoms with Crippen molar-refractivity contribution in [1.82, 2.24) is 14.9 Å². The Morgan fingerprint density at radius 3 is 2.42 bits per heavy atom. The van der Waals surface area contributed by atoms with Crippen LogP contribution in [0.2, 0.25) is 0 Å². The molecular weight excluding hydrogens is 304 g/mol. The van der Waals surface area contributed by atoms with E-state index in [2.05, 4.69) is 15.3 Å². The van der Waals surface area contributed by atoms with Crippen molar-refractivity contribution < 1.29 is 9.47 Å². The van der Waals surface area contributed by atoms with E-state index in [1.165, 1.54) is 17.3 Å². The third kappa shape index (κ3) is 4.42. The van der Waals surface area contributed by atoms with Gasteiger partial charge in [-0.15, -0.1) is 10.2 Å². The van der Waals surface area contributed by atoms with Crippen LogP contribution in [0.25, 0.3) is 0 Å². The lowest BCUT2D eigenvalue weighted by molar-refractivity contribution is 0.216. The molecule has 0 radical (unpaired) electrons. The van der Waals surface area contributed by atoms with Crippen LogP contribution in [-0.2, 0) is 0 Å². The van der Waals surface area contributed by atoms with Gasteiger partial charge < -0.3 is 9.47 Å². The molecule has 0 saturated carbocycles. The molecule has 0 spiro atoms. The molecule has 0 bridgehead atoms. The van der Waals surface area contributed by atoms with Gasteiger partial charge in [0.15, 0.2) is 0 Å². The predicted octanol–water partition coefficient (Wildman–Crippen LogP) is 2.93. The van der Waals surface area contributed by atoms with Crippen molar-refractivity contribution in [3.05, 3.63) is 72.3 Å². The van der Waals surface area contributed by atoms with Crippen LogP contribution in [0.5, 0.6) is 11.5 Å². The summed E-state index contributed by atoms with van der Waals surface area (Å²) in [6.07, 6.45) is 4.79. The third-order valence-corrected chi connectivity index (χ3v) is 3.33. The molecule has 0 atom stereocenters. The van der Waals surface area contributed by atoms with Crippen molar-refractivity contribution in [2.75, 3.05) is 13.2 Å². The summed E-state index contributed by atoms with van der Waals surface area (Å²) in [5.41, 5.74) is 2.08. The summed E-state index contributed by atoms with van der Waals surface area (Å²) in [7, 11) is 0. The van der Waals surface area contributed by atoms with Crippen molar-refractivity contribution in [2.45, 2.75) is 6.92 Å². The van der Waals surface area contributed by atoms with Crippen LogP contribution in [0.1, 0.15) is 11.1 Å². The van der Waals surface area contributed by atoms with Gasteiger partial charge in [0.25, 0.3) is 0 Å². The van der Waals surface area contributed by atoms with E-state index in [-0.39, 0.29) is 0 Å². The Morgan fingerprint density at radius 2 is 1.67 bits per heavy atom. The summed E-state index contributed by atoms with van der Waals surface area (Å²) >= 11 is 0. The molecule has 122 valence electrons. The van der Waals surface area contributed by atoms with E-state index in [9.17, 15) is 0 Å². The molecule has 3 aromatic rings. The quantitative estimate of drug-likeness (QED) is 0.496. The molecule has 24 heavy (non-hydrogen) atoms. The fourth-order valence-electron chi connectivity index (χ4n) is 2.07. The number of nitrogens with zero attached hydrogens (tertiary/aromatic N) is 4. The van der Waals surface area contributed by atoms with Crippen molar-refractivity contribution >= 4 is 6.21 Å². The molecule has 0 aliphatic carbocycles. The molecule has 6 heteroatoms. The third-order valence-electron chi connectivity index (χ3n) is 3.33. The fraction of sp³-hybridized carbons (Fsp3) is 0.167. The number of para-hydroxylation sites is 1. The lowest BCUT2D eigenvalue weighted by Crippen LogP contribution is -2.09. The number of aromatic nitrogens is 3. The van der Waals surface area contributed by atoms with Crippen LogP contribution in [0.15, 0.2) is 66.3 Å². The second-order valence-corrected chi connectivity index (χ2v) is 5.12. The molecule has 1 heterocycles. The van der Waals surface area contributed by atoms with Gasteiger partial charge in [0.05, 0.1) is 6.21 Å². The minimum absolute atomic E-state index is 0.489. The molecule has 6 nitrogen and oxygen atoms in total. The van der Waals surface area contributed by atoms with Gasteiger partial charge in [0, 0.05) is 0 Å². The zero-order chi connectivity index (χ0) is 16.6. The lowest BCUT2D eigenvalue weighted by atomic mass is 10.2. The summed E-state index contributed by atoms with van der Waals surface area (Å²) in [5.74, 6) is 1.69. The van der Waals surface area contributed by atoms with E-state index < -0.39 is 0 Å². The molecule has 0 fully saturated rings. The zero-order valence-corrected chi connectivity index (χ0v) is 13.4. The van der Waals surface area contributed by atoms with Gasteiger partial charge >= 0.3 is 0 Å². The Bertz CT molecular complexity index is 783. The normalized spacial score (nSPS) is 10.9. The Labute approximate surface area is 140 Å². The monoisotopic (exact) mass is 322 g/mol. The summed E-state index contributed by atoms with van der Waals surface area (Å²) in [5, 5.41) is 11.6. The molecule has 0 unspecified atom stereocenters. The van der Waals surface area contributed by atoms with Gasteiger partial charge in [-0.25, -0.2) is 4.68 Å². The number of benzene rings is 2. The molecular formula is C18H18N4O2. The highest BCUT2D eigenvalue weighted by Gasteiger charge is 1.98. The van der Waals surface area contributed by atoms with E-state index >= 15 is 0 Å². The molecule has 1 aromatic heterocycles. The Hall–Kier alpha value is -3.15. The predicted molar refractivity (Wildman–Crippen MR) is 91.6 cm³/mol. The maximum atomic E-state index is 5.70. The average molecular weight is 322 g/mol. The van der Waals surface area contributed by atoms with Gasteiger partial charge in [0.2, 0.25) is 0 Å². The minimum Gasteiger partial charge on any atom is -0.490 e. The molecule has 0 saturated heterocycles. The second kappa shape index (κ2) is 7.92. The number of hydrogen-bond acceptors (Lipinski definition) is 5. The molecule has 2 aromatic carbocycles. The van der Waals surface area contributed by atoms with Crippen LogP contribution < -0.4 is 9.47 Å². The fourth-order valence-corrected chi connectivity index (χ4v) is 2.07. The molecule has 0 aliphatic heterocycles. The Morgan fingerprint density at radius 1 is 0.958 bits per heavy atom. The minimum atomic E-state index is 0.489. The van der Waals surface area contributed by atoms with E-state index in [1.54, 1.807) is 6.21 Å². The van der Waals surface area contributed by atoms with Crippen LogP contribution in [0.4, 0.5) is 0 Å². The summed E-state index contributed by atoms with van der Waals surface area (Å²) in [6, 6.07) is 15.6. The molecule has 3 rings (SSSR count). The smallest absolute Gasteiger partial charge is 0.141 e. The van der Waals surface area contributed by atoms with Gasteiger partial charge in [-0.1, -0.05) is 18.2 Å². The standard InChI is InChI=1S/C18H18N4O2/c1-15-4-2-3-5-18(15)24-11-10-23-17-8-6-16(7-9-17)12-21-22-13-19-20-14-22/h2-9,12-14H,10-11H2,1H3/b21-12-. The average Bonchev–Trinajstić information content (AvgIpc) is 3.13. The first-order chi connectivity index (χ1) is 11.8. The first-order valence-corrected chi connectivity index (χ1v) is 7.61. The number of hydrogen-bond donors (Lipinski definition) is 0. The molecule has 0 amide bonds. The summed E-state index contributed by atoms with van der Waals surface area (Å²) in [6.45, 7) is 3.01.